The molecule has 2 aromatic carbocycles. The molecule has 3 aromatic rings. The maximum absolute atomic E-state index is 13.5. The van der Waals surface area contributed by atoms with Crippen molar-refractivity contribution in [2.24, 2.45) is 4.99 Å². The summed E-state index contributed by atoms with van der Waals surface area (Å²) in [6.45, 7) is 8.47. The van der Waals surface area contributed by atoms with Crippen molar-refractivity contribution in [1.82, 2.24) is 25.5 Å². The number of nitrogens with zero attached hydrogens (tertiary/aromatic N) is 4. The van der Waals surface area contributed by atoms with Gasteiger partial charge in [-0.05, 0) is 50.5 Å². The number of aliphatic imine (C=N–C) groups is 1. The number of carbonyl (C=O) groups excluding carboxylic acids is 2. The summed E-state index contributed by atoms with van der Waals surface area (Å²) in [4.78, 5) is 41.4. The molecule has 1 fully saturated rings. The first-order chi connectivity index (χ1) is 19.2. The largest absolute Gasteiger partial charge is 0.487 e. The maximum Gasteiger partial charge on any atom is 0.251 e. The van der Waals surface area contributed by atoms with E-state index in [0.717, 1.165) is 29.7 Å². The minimum Gasteiger partial charge on any atom is -0.487 e. The van der Waals surface area contributed by atoms with Crippen LogP contribution < -0.4 is 15.4 Å². The SMILES string of the molecule is CCC1(CC)CC(=O)N(Cc2cccc(C(=O)N[C@H]3CC(C)(C)Oc4ccccc43)c2)/C(=N\c2ccncn2)N1. The van der Waals surface area contributed by atoms with Crippen molar-refractivity contribution in [3.63, 3.8) is 0 Å². The van der Waals surface area contributed by atoms with Gasteiger partial charge in [0.15, 0.2) is 5.82 Å². The molecule has 1 aromatic heterocycles. The first-order valence-corrected chi connectivity index (χ1v) is 13.8. The van der Waals surface area contributed by atoms with Gasteiger partial charge < -0.3 is 15.4 Å². The average molecular weight is 541 g/mol. The highest BCUT2D eigenvalue weighted by atomic mass is 16.5. The van der Waals surface area contributed by atoms with Gasteiger partial charge in [-0.1, -0.05) is 44.2 Å². The lowest BCUT2D eigenvalue weighted by Crippen LogP contribution is -2.61. The van der Waals surface area contributed by atoms with Gasteiger partial charge in [0.1, 0.15) is 17.7 Å². The fourth-order valence-electron chi connectivity index (χ4n) is 5.40. The molecule has 0 radical (unpaired) electrons. The van der Waals surface area contributed by atoms with E-state index in [1.54, 1.807) is 23.2 Å². The number of amides is 2. The van der Waals surface area contributed by atoms with Crippen LogP contribution in [-0.4, -0.2) is 43.8 Å². The van der Waals surface area contributed by atoms with Gasteiger partial charge in [-0.25, -0.2) is 9.97 Å². The lowest BCUT2D eigenvalue weighted by molar-refractivity contribution is -0.131. The van der Waals surface area contributed by atoms with E-state index in [2.05, 4.69) is 39.4 Å². The van der Waals surface area contributed by atoms with Crippen molar-refractivity contribution in [2.75, 3.05) is 0 Å². The number of hydrogen-bond acceptors (Lipinski definition) is 6. The van der Waals surface area contributed by atoms with Crippen LogP contribution in [0.5, 0.6) is 5.75 Å². The molecule has 208 valence electrons. The summed E-state index contributed by atoms with van der Waals surface area (Å²) in [5.74, 6) is 1.51. The molecule has 2 aliphatic rings. The Morgan fingerprint density at radius 2 is 1.95 bits per heavy atom. The maximum atomic E-state index is 13.5. The molecule has 5 rings (SSSR count). The van der Waals surface area contributed by atoms with Crippen LogP contribution in [0.2, 0.25) is 0 Å². The summed E-state index contributed by atoms with van der Waals surface area (Å²) >= 11 is 0. The van der Waals surface area contributed by atoms with E-state index >= 15 is 0 Å². The quantitative estimate of drug-likeness (QED) is 0.433. The molecular weight excluding hydrogens is 504 g/mol. The zero-order valence-electron chi connectivity index (χ0n) is 23.5. The van der Waals surface area contributed by atoms with Gasteiger partial charge in [0.05, 0.1) is 19.0 Å². The number of fused-ring (bicyclic) bond motifs is 1. The third-order valence-electron chi connectivity index (χ3n) is 7.78. The molecule has 2 N–H and O–H groups in total. The zero-order valence-corrected chi connectivity index (χ0v) is 23.5. The molecule has 3 heterocycles. The molecule has 0 aliphatic carbocycles. The van der Waals surface area contributed by atoms with Gasteiger partial charge in [-0.15, -0.1) is 0 Å². The monoisotopic (exact) mass is 540 g/mol. The number of ether oxygens (including phenoxy) is 1. The molecule has 9 heteroatoms. The standard InChI is InChI=1S/C31H36N6O3/c1-5-31(6-2)18-27(38)37(29(36-31)35-26-14-15-32-20-33-26)19-21-10-9-11-22(16-21)28(39)34-24-17-30(3,4)40-25-13-8-7-12-23(24)25/h7-16,20,24H,5-6,17-19H2,1-4H3,(H,34,39)(H,32,33,35,36)/t24-/m0/s1. The Morgan fingerprint density at radius 3 is 2.70 bits per heavy atom. The van der Waals surface area contributed by atoms with E-state index in [-0.39, 0.29) is 29.9 Å². The summed E-state index contributed by atoms with van der Waals surface area (Å²) < 4.78 is 6.12. The molecule has 2 amide bonds. The normalized spacial score (nSPS) is 20.3. The van der Waals surface area contributed by atoms with Gasteiger partial charge in [0.2, 0.25) is 11.9 Å². The second kappa shape index (κ2) is 11.1. The highest BCUT2D eigenvalue weighted by Gasteiger charge is 2.40. The number of rotatable bonds is 7. The number of aromatic nitrogens is 2. The van der Waals surface area contributed by atoms with E-state index in [4.69, 9.17) is 4.74 Å². The second-order valence-corrected chi connectivity index (χ2v) is 11.1. The molecule has 0 saturated carbocycles. The summed E-state index contributed by atoms with van der Waals surface area (Å²) in [5.41, 5.74) is 1.56. The van der Waals surface area contributed by atoms with E-state index < -0.39 is 5.60 Å². The molecule has 9 nitrogen and oxygen atoms in total. The predicted molar refractivity (Wildman–Crippen MR) is 153 cm³/mol. The first kappa shape index (κ1) is 27.3. The van der Waals surface area contributed by atoms with E-state index in [0.29, 0.717) is 30.2 Å². The summed E-state index contributed by atoms with van der Waals surface area (Å²) in [6.07, 6.45) is 5.64. The van der Waals surface area contributed by atoms with E-state index in [9.17, 15) is 9.59 Å². The highest BCUT2D eigenvalue weighted by Crippen LogP contribution is 2.39. The fourth-order valence-corrected chi connectivity index (χ4v) is 5.40. The van der Waals surface area contributed by atoms with Crippen LogP contribution in [0.3, 0.4) is 0 Å². The number of para-hydroxylation sites is 1. The molecule has 1 saturated heterocycles. The number of guanidine groups is 1. The van der Waals surface area contributed by atoms with E-state index in [1.807, 2.05) is 56.3 Å². The Labute approximate surface area is 235 Å². The molecule has 0 spiro atoms. The van der Waals surface area contributed by atoms with Gasteiger partial charge >= 0.3 is 0 Å². The smallest absolute Gasteiger partial charge is 0.251 e. The Hall–Kier alpha value is -4.27. The minimum atomic E-state index is -0.401. The minimum absolute atomic E-state index is 0.0221. The van der Waals surface area contributed by atoms with Crippen molar-refractivity contribution < 1.29 is 14.3 Å². The third-order valence-corrected chi connectivity index (χ3v) is 7.78. The molecule has 40 heavy (non-hydrogen) atoms. The average Bonchev–Trinajstić information content (AvgIpc) is 2.95. The zero-order chi connectivity index (χ0) is 28.3. The van der Waals surface area contributed by atoms with Crippen molar-refractivity contribution in [3.05, 3.63) is 83.8 Å². The Bertz CT molecular complexity index is 1420. The predicted octanol–water partition coefficient (Wildman–Crippen LogP) is 5.08. The second-order valence-electron chi connectivity index (χ2n) is 11.1. The first-order valence-electron chi connectivity index (χ1n) is 13.8. The number of carbonyl (C=O) groups is 2. The van der Waals surface area contributed by atoms with Gasteiger partial charge in [-0.3, -0.25) is 14.5 Å². The fraction of sp³-hybridized carbons (Fsp3) is 0.387. The van der Waals surface area contributed by atoms with Crippen molar-refractivity contribution in [3.8, 4) is 5.75 Å². The van der Waals surface area contributed by atoms with Crippen molar-refractivity contribution in [1.29, 1.82) is 0 Å². The van der Waals surface area contributed by atoms with Crippen LogP contribution in [0, 0.1) is 0 Å². The lowest BCUT2D eigenvalue weighted by atomic mass is 9.86. The Kier molecular flexibility index (Phi) is 7.56. The third kappa shape index (κ3) is 5.83. The molecule has 0 unspecified atom stereocenters. The van der Waals surface area contributed by atoms with Gasteiger partial charge in [0, 0.05) is 35.3 Å². The van der Waals surface area contributed by atoms with Crippen LogP contribution >= 0.6 is 0 Å². The van der Waals surface area contributed by atoms with E-state index in [1.165, 1.54) is 6.33 Å². The molecule has 2 aliphatic heterocycles. The summed E-state index contributed by atoms with van der Waals surface area (Å²) in [6, 6.07) is 16.7. The van der Waals surface area contributed by atoms with Crippen LogP contribution in [-0.2, 0) is 11.3 Å². The summed E-state index contributed by atoms with van der Waals surface area (Å²) in [7, 11) is 0. The van der Waals surface area contributed by atoms with Gasteiger partial charge in [-0.2, -0.15) is 4.99 Å². The number of benzene rings is 2. The van der Waals surface area contributed by atoms with Crippen LogP contribution in [0.15, 0.2) is 72.1 Å². The number of hydrogen-bond donors (Lipinski definition) is 2. The molecule has 0 bridgehead atoms. The topological polar surface area (TPSA) is 109 Å². The highest BCUT2D eigenvalue weighted by molar-refractivity contribution is 6.01. The lowest BCUT2D eigenvalue weighted by Gasteiger charge is -2.42. The van der Waals surface area contributed by atoms with Crippen LogP contribution in [0.4, 0.5) is 5.82 Å². The van der Waals surface area contributed by atoms with Crippen molar-refractivity contribution in [2.45, 2.75) is 77.1 Å². The number of nitrogens with one attached hydrogen (secondary N) is 2. The van der Waals surface area contributed by atoms with Crippen molar-refractivity contribution >= 4 is 23.6 Å². The molecular formula is C31H36N6O3. The van der Waals surface area contributed by atoms with Crippen LogP contribution in [0.1, 0.15) is 80.9 Å². The Morgan fingerprint density at radius 1 is 1.15 bits per heavy atom. The van der Waals surface area contributed by atoms with Crippen LogP contribution in [0.25, 0.3) is 0 Å². The Balaban J connectivity index is 1.38. The van der Waals surface area contributed by atoms with Gasteiger partial charge in [0.25, 0.3) is 5.91 Å². The molecule has 1 atom stereocenters. The summed E-state index contributed by atoms with van der Waals surface area (Å²) in [5, 5.41) is 6.73.